The van der Waals surface area contributed by atoms with Crippen molar-refractivity contribution in [2.24, 2.45) is 7.05 Å². The van der Waals surface area contributed by atoms with E-state index < -0.39 is 18.4 Å². The number of carboxylic acid groups (broad SMARTS) is 1. The summed E-state index contributed by atoms with van der Waals surface area (Å²) < 4.78 is 57.8. The van der Waals surface area contributed by atoms with Gasteiger partial charge in [-0.25, -0.2) is 19.2 Å². The van der Waals surface area contributed by atoms with Gasteiger partial charge in [-0.05, 0) is 49.2 Å². The van der Waals surface area contributed by atoms with E-state index in [2.05, 4.69) is 19.6 Å². The normalized spacial score (nSPS) is 14.5. The third-order valence-electron chi connectivity index (χ3n) is 6.74. The number of hydrogen-bond donors (Lipinski definition) is 1. The molecule has 0 atom stereocenters. The monoisotopic (exact) mass is 590 g/mol. The minimum absolute atomic E-state index is 0.0598. The molecule has 41 heavy (non-hydrogen) atoms. The third-order valence-corrected chi connectivity index (χ3v) is 6.98. The Hall–Kier alpha value is -4.03. The van der Waals surface area contributed by atoms with E-state index in [1.807, 2.05) is 0 Å². The van der Waals surface area contributed by atoms with E-state index in [1.54, 1.807) is 35.9 Å². The number of likely N-dealkylation sites (tertiary alicyclic amines) is 1. The van der Waals surface area contributed by atoms with Gasteiger partial charge in [-0.2, -0.15) is 8.78 Å². The number of aryl methyl sites for hydroxylation is 1. The van der Waals surface area contributed by atoms with Gasteiger partial charge in [0.15, 0.2) is 17.3 Å². The van der Waals surface area contributed by atoms with Gasteiger partial charge in [0.1, 0.15) is 24.1 Å². The van der Waals surface area contributed by atoms with Crippen molar-refractivity contribution in [1.82, 2.24) is 19.4 Å². The number of rotatable bonds is 10. The molecule has 1 N–H and O–H groups in total. The molecule has 0 amide bonds. The molecular weight excluding hydrogens is 565 g/mol. The zero-order valence-corrected chi connectivity index (χ0v) is 22.7. The lowest BCUT2D eigenvalue weighted by atomic mass is 10.1. The predicted molar refractivity (Wildman–Crippen MR) is 143 cm³/mol. The molecule has 0 spiro atoms. The van der Waals surface area contributed by atoms with Crippen LogP contribution in [0.25, 0.3) is 11.0 Å². The highest BCUT2D eigenvalue weighted by Crippen LogP contribution is 2.30. The number of carboxylic acids is 1. The number of alkyl halides is 2. The van der Waals surface area contributed by atoms with Gasteiger partial charge in [-0.1, -0.05) is 17.7 Å². The maximum atomic E-state index is 14.0. The zero-order valence-electron chi connectivity index (χ0n) is 21.9. The summed E-state index contributed by atoms with van der Waals surface area (Å²) in [7, 11) is 1.71. The highest BCUT2D eigenvalue weighted by molar-refractivity contribution is 6.30. The Labute approximate surface area is 238 Å². The summed E-state index contributed by atoms with van der Waals surface area (Å²) in [5.74, 6) is -0.969. The highest BCUT2D eigenvalue weighted by atomic mass is 35.5. The quantitative estimate of drug-likeness (QED) is 0.252. The molecule has 2 aromatic carbocycles. The lowest BCUT2D eigenvalue weighted by molar-refractivity contribution is -0.0489. The molecule has 1 aliphatic rings. The van der Waals surface area contributed by atoms with Crippen molar-refractivity contribution in [3.63, 3.8) is 0 Å². The van der Waals surface area contributed by atoms with Crippen LogP contribution in [0.15, 0.2) is 48.5 Å². The molecule has 2 aromatic heterocycles. The van der Waals surface area contributed by atoms with E-state index in [4.69, 9.17) is 21.1 Å². The summed E-state index contributed by atoms with van der Waals surface area (Å²) in [6.45, 7) is -1.24. The van der Waals surface area contributed by atoms with Crippen LogP contribution in [0.4, 0.5) is 13.2 Å². The molecule has 0 aliphatic carbocycles. The van der Waals surface area contributed by atoms with Crippen LogP contribution < -0.4 is 14.2 Å². The molecule has 0 unspecified atom stereocenters. The average Bonchev–Trinajstić information content (AvgIpc) is 3.24. The number of pyridine rings is 1. The molecule has 0 bridgehead atoms. The van der Waals surface area contributed by atoms with Crippen molar-refractivity contribution in [2.75, 3.05) is 13.1 Å². The fourth-order valence-corrected chi connectivity index (χ4v) is 4.82. The second kappa shape index (κ2) is 12.2. The van der Waals surface area contributed by atoms with Gasteiger partial charge >= 0.3 is 12.6 Å². The number of nitrogens with zero attached hydrogens (tertiary/aromatic N) is 4. The first kappa shape index (κ1) is 28.5. The highest BCUT2D eigenvalue weighted by Gasteiger charge is 2.24. The van der Waals surface area contributed by atoms with E-state index in [0.29, 0.717) is 55.4 Å². The molecule has 4 aromatic rings. The Bertz CT molecular complexity index is 1560. The second-order valence-electron chi connectivity index (χ2n) is 9.54. The Balaban J connectivity index is 1.19. The van der Waals surface area contributed by atoms with Gasteiger partial charge in [-0.3, -0.25) is 4.90 Å². The topological polar surface area (TPSA) is 98.9 Å². The van der Waals surface area contributed by atoms with E-state index in [0.717, 1.165) is 6.07 Å². The number of aromatic nitrogens is 3. The van der Waals surface area contributed by atoms with Crippen LogP contribution in [0.3, 0.4) is 0 Å². The van der Waals surface area contributed by atoms with E-state index >= 15 is 0 Å². The molecular formula is C28H26ClF3N4O5. The van der Waals surface area contributed by atoms with Crippen LogP contribution >= 0.6 is 11.6 Å². The van der Waals surface area contributed by atoms with Crippen LogP contribution in [0.1, 0.15) is 34.7 Å². The largest absolute Gasteiger partial charge is 0.484 e. The molecule has 1 saturated heterocycles. The Morgan fingerprint density at radius 1 is 1.12 bits per heavy atom. The second-order valence-corrected chi connectivity index (χ2v) is 9.97. The summed E-state index contributed by atoms with van der Waals surface area (Å²) in [6.07, 6.45) is 1.35. The Morgan fingerprint density at radius 3 is 2.61 bits per heavy atom. The summed E-state index contributed by atoms with van der Waals surface area (Å²) in [6, 6.07) is 11.9. The summed E-state index contributed by atoms with van der Waals surface area (Å²) in [5.41, 5.74) is 0.988. The zero-order chi connectivity index (χ0) is 29.1. The van der Waals surface area contributed by atoms with Gasteiger partial charge in [-0.15, -0.1) is 0 Å². The number of halogens is 4. The summed E-state index contributed by atoms with van der Waals surface area (Å²) >= 11 is 5.78. The van der Waals surface area contributed by atoms with E-state index in [9.17, 15) is 23.1 Å². The molecule has 5 rings (SSSR count). The van der Waals surface area contributed by atoms with Gasteiger partial charge in [0.2, 0.25) is 5.88 Å². The molecule has 13 heteroatoms. The lowest BCUT2D eigenvalue weighted by Gasteiger charge is -2.31. The number of fused-ring (bicyclic) bond motifs is 1. The molecule has 3 heterocycles. The first-order chi connectivity index (χ1) is 19.7. The molecule has 216 valence electrons. The molecule has 1 fully saturated rings. The first-order valence-corrected chi connectivity index (χ1v) is 13.1. The number of ether oxygens (including phenoxy) is 3. The molecule has 0 radical (unpaired) electrons. The third kappa shape index (κ3) is 6.83. The van der Waals surface area contributed by atoms with Crippen LogP contribution in [0, 0.1) is 5.82 Å². The smallest absolute Gasteiger partial charge is 0.387 e. The fraction of sp³-hybridized carbons (Fsp3) is 0.321. The number of piperidine rings is 1. The number of imidazole rings is 1. The van der Waals surface area contributed by atoms with Crippen molar-refractivity contribution in [2.45, 2.75) is 38.7 Å². The van der Waals surface area contributed by atoms with Crippen LogP contribution in [-0.4, -0.2) is 56.3 Å². The van der Waals surface area contributed by atoms with Crippen molar-refractivity contribution >= 4 is 28.6 Å². The van der Waals surface area contributed by atoms with Crippen LogP contribution in [0.5, 0.6) is 17.4 Å². The van der Waals surface area contributed by atoms with Gasteiger partial charge < -0.3 is 23.9 Å². The minimum atomic E-state index is -3.11. The standard InChI is InChI=1S/C28H26ClF3N4O5/c1-35-21-11-16(27(37)38)12-23(41-28(31)32)26(21)34-24(35)14-36-9-7-19(8-10-36)40-25-4-2-3-18(33-25)15-39-22-6-5-17(29)13-20(22)30/h2-6,11-13,19,28H,7-10,14-15H2,1H3,(H,37,38). The van der Waals surface area contributed by atoms with Crippen LogP contribution in [0.2, 0.25) is 5.02 Å². The lowest BCUT2D eigenvalue weighted by Crippen LogP contribution is -2.38. The number of benzene rings is 2. The fourth-order valence-electron chi connectivity index (χ4n) is 4.66. The predicted octanol–water partition coefficient (Wildman–Crippen LogP) is 5.68. The number of carbonyl (C=O) groups is 1. The number of hydrogen-bond acceptors (Lipinski definition) is 7. The average molecular weight is 591 g/mol. The molecule has 1 aliphatic heterocycles. The van der Waals surface area contributed by atoms with Crippen LogP contribution in [-0.2, 0) is 20.2 Å². The summed E-state index contributed by atoms with van der Waals surface area (Å²) in [5, 5.41) is 9.66. The van der Waals surface area contributed by atoms with Gasteiger partial charge in [0.05, 0.1) is 23.3 Å². The first-order valence-electron chi connectivity index (χ1n) is 12.8. The van der Waals surface area contributed by atoms with Crippen molar-refractivity contribution in [1.29, 1.82) is 0 Å². The Kier molecular flexibility index (Phi) is 8.50. The molecule has 0 saturated carbocycles. The molecule has 9 nitrogen and oxygen atoms in total. The van der Waals surface area contributed by atoms with E-state index in [-0.39, 0.29) is 40.3 Å². The van der Waals surface area contributed by atoms with Gasteiger partial charge in [0.25, 0.3) is 0 Å². The van der Waals surface area contributed by atoms with Gasteiger partial charge in [0, 0.05) is 31.2 Å². The van der Waals surface area contributed by atoms with E-state index in [1.165, 1.54) is 18.2 Å². The minimum Gasteiger partial charge on any atom is -0.484 e. The van der Waals surface area contributed by atoms with Crippen molar-refractivity contribution in [3.05, 3.63) is 76.5 Å². The maximum absolute atomic E-state index is 14.0. The van der Waals surface area contributed by atoms with Crippen molar-refractivity contribution in [3.8, 4) is 17.4 Å². The summed E-state index contributed by atoms with van der Waals surface area (Å²) in [4.78, 5) is 22.6. The maximum Gasteiger partial charge on any atom is 0.387 e. The SMILES string of the molecule is Cn1c(CN2CCC(Oc3cccc(COc4ccc(Cl)cc4F)n3)CC2)nc2c(OC(F)F)cc(C(=O)O)cc21. The Morgan fingerprint density at radius 2 is 1.90 bits per heavy atom. The van der Waals surface area contributed by atoms with Crippen molar-refractivity contribution < 1.29 is 37.3 Å². The number of aromatic carboxylic acids is 1.